The lowest BCUT2D eigenvalue weighted by molar-refractivity contribution is -0.642. The highest BCUT2D eigenvalue weighted by Crippen LogP contribution is 2.17. The second-order valence-electron chi connectivity index (χ2n) is 5.03. The molecule has 0 spiro atoms. The van der Waals surface area contributed by atoms with Crippen LogP contribution in [0.4, 0.5) is 0 Å². The van der Waals surface area contributed by atoms with Crippen molar-refractivity contribution in [2.24, 2.45) is 0 Å². The number of nitriles is 1. The van der Waals surface area contributed by atoms with Crippen LogP contribution >= 0.6 is 0 Å². The molecule has 7 heteroatoms. The predicted octanol–water partition coefficient (Wildman–Crippen LogP) is 1.57. The van der Waals surface area contributed by atoms with E-state index < -0.39 is 9.84 Å². The highest BCUT2D eigenvalue weighted by atomic mass is 32.2. The van der Waals surface area contributed by atoms with Crippen molar-refractivity contribution in [2.75, 3.05) is 0 Å². The normalized spacial score (nSPS) is 10.7. The van der Waals surface area contributed by atoms with E-state index in [1.165, 1.54) is 10.9 Å². The second kappa shape index (κ2) is 6.53. The summed E-state index contributed by atoms with van der Waals surface area (Å²) >= 11 is 0. The first-order valence-electron chi connectivity index (χ1n) is 6.75. The van der Waals surface area contributed by atoms with Crippen molar-refractivity contribution in [3.63, 3.8) is 0 Å². The first kappa shape index (κ1) is 16.6. The number of aryl methyl sites for hydroxylation is 2. The van der Waals surface area contributed by atoms with E-state index in [1.807, 2.05) is 12.8 Å². The summed E-state index contributed by atoms with van der Waals surface area (Å²) in [6.45, 7) is 3.56. The van der Waals surface area contributed by atoms with Gasteiger partial charge in [0.1, 0.15) is 5.69 Å². The summed E-state index contributed by atoms with van der Waals surface area (Å²) in [5.41, 5.74) is 1.95. The van der Waals surface area contributed by atoms with Crippen molar-refractivity contribution in [1.29, 1.82) is 10.7 Å². The van der Waals surface area contributed by atoms with E-state index in [0.717, 1.165) is 5.56 Å². The Kier molecular flexibility index (Phi) is 4.70. The van der Waals surface area contributed by atoms with E-state index >= 15 is 0 Å². The maximum absolute atomic E-state index is 12.5. The van der Waals surface area contributed by atoms with E-state index in [9.17, 15) is 8.42 Å². The molecule has 1 heterocycles. The molecule has 0 aliphatic heterocycles. The maximum atomic E-state index is 12.5. The Morgan fingerprint density at radius 3 is 2.43 bits per heavy atom. The summed E-state index contributed by atoms with van der Waals surface area (Å²) in [7, 11) is -3.47. The summed E-state index contributed by atoms with van der Waals surface area (Å²) in [6, 6.07) is 10.1. The highest BCUT2D eigenvalue weighted by Gasteiger charge is 2.20. The lowest BCUT2D eigenvalue weighted by Gasteiger charge is -2.06. The van der Waals surface area contributed by atoms with Crippen LogP contribution < -0.4 is 4.68 Å². The number of allylic oxidation sites excluding steroid dienone is 1. The van der Waals surface area contributed by atoms with E-state index in [-0.39, 0.29) is 16.3 Å². The molecule has 0 aliphatic rings. The molecule has 0 atom stereocenters. The number of hydrogen-bond acceptors (Lipinski definition) is 5. The van der Waals surface area contributed by atoms with Crippen LogP contribution in [0.1, 0.15) is 16.8 Å². The Labute approximate surface area is 134 Å². The maximum Gasteiger partial charge on any atom is 0.376 e. The standard InChI is InChI=1S/C16H15N4O2S/c1-12-3-5-16(6-4-12)23(21,22)11-14-7-8-20(19-13(14)2)15(9-17)10-18/h3-8,17H,11H2,1-2H3/q+1. The van der Waals surface area contributed by atoms with Gasteiger partial charge in [-0.1, -0.05) is 17.7 Å². The molecule has 23 heavy (non-hydrogen) atoms. The average molecular weight is 327 g/mol. The number of nitrogens with one attached hydrogen (secondary N) is 1. The van der Waals surface area contributed by atoms with Crippen LogP contribution in [0.15, 0.2) is 41.4 Å². The monoisotopic (exact) mass is 327 g/mol. The van der Waals surface area contributed by atoms with Crippen LogP contribution in [-0.4, -0.2) is 19.4 Å². The summed E-state index contributed by atoms with van der Waals surface area (Å²) in [5, 5.41) is 20.0. The van der Waals surface area contributed by atoms with E-state index in [1.54, 1.807) is 43.3 Å². The summed E-state index contributed by atoms with van der Waals surface area (Å²) in [6.07, 6.45) is 1.45. The average Bonchev–Trinajstić information content (AvgIpc) is 2.51. The van der Waals surface area contributed by atoms with Gasteiger partial charge in [-0.2, -0.15) is 5.26 Å². The molecule has 2 aromatic rings. The molecule has 1 aromatic heterocycles. The van der Waals surface area contributed by atoms with Crippen LogP contribution in [-0.2, 0) is 15.6 Å². The van der Waals surface area contributed by atoms with Crippen LogP contribution in [0.3, 0.4) is 0 Å². The fraction of sp³-hybridized carbons (Fsp3) is 0.188. The molecule has 0 saturated heterocycles. The molecule has 0 fully saturated rings. The lowest BCUT2D eigenvalue weighted by Crippen LogP contribution is -2.37. The van der Waals surface area contributed by atoms with Gasteiger partial charge in [-0.3, -0.25) is 5.41 Å². The van der Waals surface area contributed by atoms with Gasteiger partial charge in [0.15, 0.2) is 15.9 Å². The number of nitrogens with zero attached hydrogens (tertiary/aromatic N) is 3. The van der Waals surface area contributed by atoms with Crippen molar-refractivity contribution in [3.05, 3.63) is 53.3 Å². The lowest BCUT2D eigenvalue weighted by atomic mass is 10.2. The zero-order valence-electron chi connectivity index (χ0n) is 12.7. The minimum atomic E-state index is -3.47. The minimum absolute atomic E-state index is 0.0685. The number of rotatable bonds is 4. The largest absolute Gasteiger partial charge is 0.376 e. The molecular weight excluding hydrogens is 312 g/mol. The number of benzene rings is 1. The molecule has 116 valence electrons. The molecular formula is C16H15N4O2S+. The Bertz CT molecular complexity index is 935. The third kappa shape index (κ3) is 3.69. The fourth-order valence-corrected chi connectivity index (χ4v) is 3.42. The van der Waals surface area contributed by atoms with Gasteiger partial charge in [0.05, 0.1) is 16.5 Å². The Balaban J connectivity index is 2.35. The summed E-state index contributed by atoms with van der Waals surface area (Å²) < 4.78 is 26.1. The second-order valence-corrected chi connectivity index (χ2v) is 7.02. The topological polar surface area (TPSA) is 98.5 Å². The minimum Gasteiger partial charge on any atom is -0.252 e. The number of sulfone groups is 1. The first-order chi connectivity index (χ1) is 10.9. The van der Waals surface area contributed by atoms with Gasteiger partial charge in [0.2, 0.25) is 6.20 Å². The SMILES string of the molecule is Cc1ccc(S(=O)(=O)Cc2cc[n+](C(=C=N)C#N)nc2C)cc1. The Morgan fingerprint density at radius 1 is 1.26 bits per heavy atom. The molecule has 0 radical (unpaired) electrons. The molecule has 0 saturated carbocycles. The van der Waals surface area contributed by atoms with E-state index in [4.69, 9.17) is 10.7 Å². The van der Waals surface area contributed by atoms with Gasteiger partial charge in [-0.25, -0.2) is 8.42 Å². The highest BCUT2D eigenvalue weighted by molar-refractivity contribution is 7.90. The molecule has 0 amide bonds. The quantitative estimate of drug-likeness (QED) is 0.523. The van der Waals surface area contributed by atoms with Crippen molar-refractivity contribution in [3.8, 4) is 6.07 Å². The van der Waals surface area contributed by atoms with Crippen LogP contribution in [0.2, 0.25) is 0 Å². The Hall–Kier alpha value is -2.81. The molecule has 6 nitrogen and oxygen atoms in total. The van der Waals surface area contributed by atoms with Gasteiger partial charge in [0, 0.05) is 16.7 Å². The molecule has 2 rings (SSSR count). The van der Waals surface area contributed by atoms with Crippen molar-refractivity contribution in [2.45, 2.75) is 24.5 Å². The van der Waals surface area contributed by atoms with Gasteiger partial charge in [-0.05, 0) is 30.7 Å². The Morgan fingerprint density at radius 2 is 1.91 bits per heavy atom. The van der Waals surface area contributed by atoms with E-state index in [0.29, 0.717) is 11.3 Å². The summed E-state index contributed by atoms with van der Waals surface area (Å²) in [4.78, 5) is 0.260. The third-order valence-electron chi connectivity index (χ3n) is 3.32. The van der Waals surface area contributed by atoms with Gasteiger partial charge in [-0.15, -0.1) is 0 Å². The smallest absolute Gasteiger partial charge is 0.252 e. The van der Waals surface area contributed by atoms with Gasteiger partial charge < -0.3 is 0 Å². The predicted molar refractivity (Wildman–Crippen MR) is 84.3 cm³/mol. The number of hydrogen-bond donors (Lipinski definition) is 1. The van der Waals surface area contributed by atoms with Gasteiger partial charge >= 0.3 is 5.70 Å². The van der Waals surface area contributed by atoms with Crippen molar-refractivity contribution < 1.29 is 13.1 Å². The molecule has 0 unspecified atom stereocenters. The van der Waals surface area contributed by atoms with Crippen LogP contribution in [0.25, 0.3) is 5.70 Å². The molecule has 1 N–H and O–H groups in total. The molecule has 0 aliphatic carbocycles. The summed E-state index contributed by atoms with van der Waals surface area (Å²) in [5.74, 6) is 1.81. The third-order valence-corrected chi connectivity index (χ3v) is 5.00. The molecule has 0 bridgehead atoms. The first-order valence-corrected chi connectivity index (χ1v) is 8.40. The van der Waals surface area contributed by atoms with Gasteiger partial charge in [0.25, 0.3) is 0 Å². The van der Waals surface area contributed by atoms with Crippen molar-refractivity contribution >= 4 is 21.4 Å². The van der Waals surface area contributed by atoms with Crippen LogP contribution in [0.5, 0.6) is 0 Å². The van der Waals surface area contributed by atoms with E-state index in [2.05, 4.69) is 5.10 Å². The number of aromatic nitrogens is 2. The molecule has 1 aromatic carbocycles. The zero-order chi connectivity index (χ0) is 17.0. The van der Waals surface area contributed by atoms with Crippen LogP contribution in [0, 0.1) is 30.6 Å². The van der Waals surface area contributed by atoms with Crippen molar-refractivity contribution in [1.82, 2.24) is 5.10 Å². The fourth-order valence-electron chi connectivity index (χ4n) is 1.99. The zero-order valence-corrected chi connectivity index (χ0v) is 13.6.